The Bertz CT molecular complexity index is 1640. The zero-order valence-electron chi connectivity index (χ0n) is 28.4. The van der Waals surface area contributed by atoms with E-state index in [4.69, 9.17) is 10.5 Å². The summed E-state index contributed by atoms with van der Waals surface area (Å²) in [7, 11) is 0. The molecule has 4 atom stereocenters. The number of carbonyl (C=O) groups excluding carboxylic acids is 1. The van der Waals surface area contributed by atoms with Crippen molar-refractivity contribution in [3.05, 3.63) is 95.8 Å². The Morgan fingerprint density at radius 1 is 1.06 bits per heavy atom. The second-order valence-corrected chi connectivity index (χ2v) is 13.7. The average molecular weight is 639 g/mol. The minimum absolute atomic E-state index is 0.0388. The summed E-state index contributed by atoms with van der Waals surface area (Å²) in [5.74, 6) is 1.22. The van der Waals surface area contributed by atoms with Crippen LogP contribution in [0.25, 0.3) is 10.8 Å². The standard InChI is InChI=1S/C38H45FN4O2.C2H6/c1-24(39)17-32-26(3)33(38(44)42-16-7-6-12-31(42)22-41-15-8-9-25(41)2)23-43-34-20-28-10-4-5-11-29(28)21-35(34)45-36(37(32)43)19-27-13-14-30(40)18-27;1-2/h4-5,10-11,17,20-21,23,25,27,30-31H,1,3,6-9,12-16,18-19,22,40H2,2H3;1-2H3/b32-17-;. The second kappa shape index (κ2) is 14.2. The lowest BCUT2D eigenvalue weighted by Crippen LogP contribution is -2.51. The lowest BCUT2D eigenvalue weighted by Gasteiger charge is -2.42. The molecule has 7 heteroatoms. The SMILES string of the molecule is C=C(F)/C=C1/C(=C)C(C(=O)N2CCCCC2CN2CCCC2C)=CN2C1=C(CC1CCC(N)C1)Oc1cc3ccccc3cc12.CC. The number of fused-ring (bicyclic) bond motifs is 4. The molecule has 0 radical (unpaired) electrons. The smallest absolute Gasteiger partial charge is 0.256 e. The molecular formula is C40H51FN4O2. The molecule has 0 spiro atoms. The van der Waals surface area contributed by atoms with E-state index < -0.39 is 5.83 Å². The number of halogens is 1. The first-order chi connectivity index (χ1) is 22.8. The third-order valence-electron chi connectivity index (χ3n) is 10.6. The molecule has 47 heavy (non-hydrogen) atoms. The Hall–Kier alpha value is -3.68. The number of nitrogens with two attached hydrogens (primary N) is 1. The highest BCUT2D eigenvalue weighted by molar-refractivity contribution is 6.02. The molecule has 250 valence electrons. The van der Waals surface area contributed by atoms with Crippen molar-refractivity contribution >= 4 is 22.4 Å². The molecular weight excluding hydrogens is 587 g/mol. The summed E-state index contributed by atoms with van der Waals surface area (Å²) in [4.78, 5) is 21.2. The molecule has 4 aliphatic heterocycles. The fraction of sp³-hybridized carbons (Fsp3) is 0.475. The van der Waals surface area contributed by atoms with Crippen LogP contribution in [0.1, 0.15) is 78.6 Å². The molecule has 4 heterocycles. The van der Waals surface area contributed by atoms with Gasteiger partial charge in [-0.3, -0.25) is 9.69 Å². The van der Waals surface area contributed by atoms with E-state index in [-0.39, 0.29) is 18.0 Å². The molecule has 1 saturated carbocycles. The minimum Gasteiger partial charge on any atom is -0.457 e. The van der Waals surface area contributed by atoms with Gasteiger partial charge in [-0.25, -0.2) is 4.39 Å². The highest BCUT2D eigenvalue weighted by Gasteiger charge is 2.40. The summed E-state index contributed by atoms with van der Waals surface area (Å²) in [5, 5.41) is 2.13. The Balaban J connectivity index is 0.00000190. The number of anilines is 1. The third kappa shape index (κ3) is 6.70. The van der Waals surface area contributed by atoms with E-state index in [1.165, 1.54) is 18.9 Å². The third-order valence-corrected chi connectivity index (χ3v) is 10.6. The van der Waals surface area contributed by atoms with Crippen LogP contribution in [-0.4, -0.2) is 53.5 Å². The molecule has 7 rings (SSSR count). The number of nitrogens with zero attached hydrogens (tertiary/aromatic N) is 3. The van der Waals surface area contributed by atoms with Gasteiger partial charge >= 0.3 is 0 Å². The fourth-order valence-electron chi connectivity index (χ4n) is 8.17. The van der Waals surface area contributed by atoms with Crippen molar-refractivity contribution in [2.75, 3.05) is 24.5 Å². The van der Waals surface area contributed by atoms with E-state index in [0.717, 1.165) is 85.3 Å². The van der Waals surface area contributed by atoms with Crippen LogP contribution in [-0.2, 0) is 4.79 Å². The van der Waals surface area contributed by atoms with Gasteiger partial charge in [0.25, 0.3) is 5.91 Å². The summed E-state index contributed by atoms with van der Waals surface area (Å²) in [6, 6.07) is 13.2. The van der Waals surface area contributed by atoms with Crippen molar-refractivity contribution in [1.82, 2.24) is 9.80 Å². The van der Waals surface area contributed by atoms with E-state index >= 15 is 0 Å². The summed E-state index contributed by atoms with van der Waals surface area (Å²) in [5.41, 5.74) is 9.41. The maximum Gasteiger partial charge on any atom is 0.256 e. The van der Waals surface area contributed by atoms with E-state index in [9.17, 15) is 9.18 Å². The summed E-state index contributed by atoms with van der Waals surface area (Å²) >= 11 is 0. The predicted octanol–water partition coefficient (Wildman–Crippen LogP) is 8.52. The van der Waals surface area contributed by atoms with E-state index in [1.54, 1.807) is 0 Å². The van der Waals surface area contributed by atoms with E-state index in [1.807, 2.05) is 37.1 Å². The van der Waals surface area contributed by atoms with Gasteiger partial charge in [-0.05, 0) is 105 Å². The Kier molecular flexibility index (Phi) is 10.0. The van der Waals surface area contributed by atoms with Crippen LogP contribution in [0.15, 0.2) is 95.8 Å². The van der Waals surface area contributed by atoms with Crippen molar-refractivity contribution < 1.29 is 13.9 Å². The monoisotopic (exact) mass is 638 g/mol. The average Bonchev–Trinajstić information content (AvgIpc) is 3.68. The van der Waals surface area contributed by atoms with Gasteiger partial charge in [0, 0.05) is 49.4 Å². The van der Waals surface area contributed by atoms with Gasteiger partial charge in [0.1, 0.15) is 11.6 Å². The molecule has 2 aromatic rings. The van der Waals surface area contributed by atoms with Crippen molar-refractivity contribution in [2.24, 2.45) is 11.7 Å². The van der Waals surface area contributed by atoms with Crippen LogP contribution >= 0.6 is 0 Å². The molecule has 6 nitrogen and oxygen atoms in total. The molecule has 0 aromatic heterocycles. The molecule has 5 aliphatic rings. The normalized spacial score (nSPS) is 26.9. The quantitative estimate of drug-likeness (QED) is 0.344. The molecule has 2 saturated heterocycles. The van der Waals surface area contributed by atoms with Gasteiger partial charge in [-0.1, -0.05) is 51.3 Å². The van der Waals surface area contributed by atoms with Gasteiger partial charge in [0.15, 0.2) is 5.75 Å². The zero-order chi connectivity index (χ0) is 33.2. The highest BCUT2D eigenvalue weighted by atomic mass is 19.1. The van der Waals surface area contributed by atoms with E-state index in [0.29, 0.717) is 41.6 Å². The maximum atomic E-state index is 14.8. The number of amides is 1. The largest absolute Gasteiger partial charge is 0.457 e. The van der Waals surface area contributed by atoms with Crippen LogP contribution < -0.4 is 15.4 Å². The predicted molar refractivity (Wildman–Crippen MR) is 191 cm³/mol. The topological polar surface area (TPSA) is 62.0 Å². The lowest BCUT2D eigenvalue weighted by molar-refractivity contribution is -0.131. The van der Waals surface area contributed by atoms with Crippen LogP contribution in [0.4, 0.5) is 10.1 Å². The van der Waals surface area contributed by atoms with Gasteiger partial charge in [-0.15, -0.1) is 0 Å². The number of benzene rings is 2. The highest BCUT2D eigenvalue weighted by Crippen LogP contribution is 2.49. The van der Waals surface area contributed by atoms with Crippen LogP contribution in [0.3, 0.4) is 0 Å². The first-order valence-electron chi connectivity index (χ1n) is 17.8. The number of allylic oxidation sites excluding steroid dienone is 4. The Labute approximate surface area is 280 Å². The fourth-order valence-corrected chi connectivity index (χ4v) is 8.17. The number of likely N-dealkylation sites (tertiary alicyclic amines) is 2. The van der Waals surface area contributed by atoms with Gasteiger partial charge in [0.05, 0.1) is 17.0 Å². The number of ether oxygens (including phenoxy) is 1. The molecule has 2 aromatic carbocycles. The molecule has 3 fully saturated rings. The van der Waals surface area contributed by atoms with Crippen LogP contribution in [0.5, 0.6) is 5.75 Å². The number of hydrogen-bond acceptors (Lipinski definition) is 5. The number of piperidine rings is 1. The molecule has 1 amide bonds. The first-order valence-corrected chi connectivity index (χ1v) is 17.8. The van der Waals surface area contributed by atoms with Crippen molar-refractivity contribution in [3.8, 4) is 5.75 Å². The molecule has 1 aliphatic carbocycles. The van der Waals surface area contributed by atoms with Crippen molar-refractivity contribution in [3.63, 3.8) is 0 Å². The van der Waals surface area contributed by atoms with Crippen LogP contribution in [0, 0.1) is 5.92 Å². The maximum absolute atomic E-state index is 14.8. The molecule has 4 unspecified atom stereocenters. The van der Waals surface area contributed by atoms with Crippen LogP contribution in [0.2, 0.25) is 0 Å². The summed E-state index contributed by atoms with van der Waals surface area (Å²) in [6.07, 6.45) is 12.5. The zero-order valence-corrected chi connectivity index (χ0v) is 28.4. The second-order valence-electron chi connectivity index (χ2n) is 13.7. The van der Waals surface area contributed by atoms with Gasteiger partial charge < -0.3 is 20.3 Å². The number of carbonyl (C=O) groups is 1. The number of hydrogen-bond donors (Lipinski definition) is 1. The first kappa shape index (κ1) is 33.2. The van der Waals surface area contributed by atoms with Crippen molar-refractivity contribution in [2.45, 2.75) is 96.7 Å². The Morgan fingerprint density at radius 3 is 2.51 bits per heavy atom. The lowest BCUT2D eigenvalue weighted by atomic mass is 9.87. The minimum atomic E-state index is -0.585. The molecule has 0 bridgehead atoms. The van der Waals surface area contributed by atoms with Gasteiger partial charge in [0.2, 0.25) is 0 Å². The Morgan fingerprint density at radius 2 is 1.83 bits per heavy atom. The summed E-state index contributed by atoms with van der Waals surface area (Å²) < 4.78 is 21.5. The molecule has 2 N–H and O–H groups in total. The van der Waals surface area contributed by atoms with Gasteiger partial charge in [-0.2, -0.15) is 0 Å². The summed E-state index contributed by atoms with van der Waals surface area (Å²) in [6.45, 7) is 17.0. The van der Waals surface area contributed by atoms with E-state index in [2.05, 4.69) is 54.1 Å². The van der Waals surface area contributed by atoms with Crippen molar-refractivity contribution in [1.29, 1.82) is 0 Å². The number of rotatable bonds is 6.